The zero-order valence-corrected chi connectivity index (χ0v) is 26.2. The molecule has 4 aromatic carbocycles. The van der Waals surface area contributed by atoms with E-state index in [1.54, 1.807) is 6.20 Å². The smallest absolute Gasteiger partial charge is 0.122 e. The summed E-state index contributed by atoms with van der Waals surface area (Å²) in [4.78, 5) is 8.84. The van der Waals surface area contributed by atoms with Crippen molar-refractivity contribution in [2.75, 3.05) is 0 Å². The molecule has 0 unspecified atom stereocenters. The minimum atomic E-state index is 0. The monoisotopic (exact) mass is 723 g/mol. The predicted octanol–water partition coefficient (Wildman–Crippen LogP) is 9.83. The van der Waals surface area contributed by atoms with Gasteiger partial charge in [-0.15, -0.1) is 59.7 Å². The average Bonchev–Trinajstić information content (AvgIpc) is 3.16. The number of nitrogens with zero attached hydrogens (tertiary/aromatic N) is 2. The van der Waals surface area contributed by atoms with Crippen molar-refractivity contribution in [3.8, 4) is 56.3 Å². The van der Waals surface area contributed by atoms with Crippen molar-refractivity contribution < 1.29 is 24.8 Å². The third kappa shape index (κ3) is 6.26. The van der Waals surface area contributed by atoms with E-state index in [-0.39, 0.29) is 25.5 Å². The molecule has 1 radical (unpaired) electrons. The Hall–Kier alpha value is -4.37. The summed E-state index contributed by atoms with van der Waals surface area (Å²) >= 11 is 0. The maximum Gasteiger partial charge on any atom is 0.122 e. The molecular formula is C38H30IrN2O-2. The standard InChI is InChI=1S/C27H22NO.C11H8N.Ir/c1-27(2,3)19-14-15-28-24(17-19)18-12-13-26-23(16-18)21-9-5-4-8-20(21)22-10-6-7-11-25(22)29-26;1-2-6-10(7-3-1)11-8-4-5-9-12-11;/h4-11,13-17H,1-3H3;1-6,8-9H;/q2*-1;. The summed E-state index contributed by atoms with van der Waals surface area (Å²) in [5.74, 6) is 1.69. The fourth-order valence-electron chi connectivity index (χ4n) is 4.89. The number of aromatic nitrogens is 2. The Kier molecular flexibility index (Phi) is 8.77. The van der Waals surface area contributed by atoms with Gasteiger partial charge in [-0.05, 0) is 51.7 Å². The zero-order valence-electron chi connectivity index (χ0n) is 23.8. The van der Waals surface area contributed by atoms with Gasteiger partial charge in [-0.3, -0.25) is 0 Å². The Morgan fingerprint density at radius 1 is 0.571 bits per heavy atom. The summed E-state index contributed by atoms with van der Waals surface area (Å²) < 4.78 is 6.30. The van der Waals surface area contributed by atoms with E-state index in [0.29, 0.717) is 0 Å². The minimum Gasteiger partial charge on any atom is -0.500 e. The molecule has 6 aromatic rings. The van der Waals surface area contributed by atoms with Crippen LogP contribution in [0.3, 0.4) is 0 Å². The van der Waals surface area contributed by atoms with Gasteiger partial charge >= 0.3 is 0 Å². The van der Waals surface area contributed by atoms with Crippen LogP contribution in [0.5, 0.6) is 11.5 Å². The number of fused-ring (bicyclic) bond motifs is 5. The Labute approximate surface area is 261 Å². The molecule has 0 spiro atoms. The van der Waals surface area contributed by atoms with Gasteiger partial charge in [-0.2, -0.15) is 0 Å². The zero-order chi connectivity index (χ0) is 28.2. The molecule has 0 aliphatic carbocycles. The molecule has 0 bridgehead atoms. The van der Waals surface area contributed by atoms with E-state index in [1.165, 1.54) is 11.1 Å². The van der Waals surface area contributed by atoms with Crippen LogP contribution in [0.15, 0.2) is 128 Å². The first-order valence-electron chi connectivity index (χ1n) is 13.7. The van der Waals surface area contributed by atoms with Crippen LogP contribution in [-0.2, 0) is 25.5 Å². The van der Waals surface area contributed by atoms with Gasteiger partial charge in [-0.25, -0.2) is 0 Å². The molecule has 3 nitrogen and oxygen atoms in total. The molecule has 7 rings (SSSR count). The summed E-state index contributed by atoms with van der Waals surface area (Å²) in [6.07, 6.45) is 3.67. The Balaban J connectivity index is 0.000000228. The van der Waals surface area contributed by atoms with Crippen molar-refractivity contribution in [3.63, 3.8) is 0 Å². The number of pyridine rings is 2. The van der Waals surface area contributed by atoms with Crippen LogP contribution in [0, 0.1) is 12.1 Å². The molecule has 0 amide bonds. The van der Waals surface area contributed by atoms with Crippen molar-refractivity contribution in [2.24, 2.45) is 0 Å². The second-order valence-electron chi connectivity index (χ2n) is 10.9. The average molecular weight is 723 g/mol. The van der Waals surface area contributed by atoms with Crippen LogP contribution in [0.25, 0.3) is 44.8 Å². The van der Waals surface area contributed by atoms with E-state index in [9.17, 15) is 0 Å². The summed E-state index contributed by atoms with van der Waals surface area (Å²) in [6, 6.07) is 45.2. The Morgan fingerprint density at radius 2 is 1.26 bits per heavy atom. The minimum absolute atomic E-state index is 0. The van der Waals surface area contributed by atoms with E-state index in [4.69, 9.17) is 4.74 Å². The van der Waals surface area contributed by atoms with Gasteiger partial charge in [0, 0.05) is 38.1 Å². The summed E-state index contributed by atoms with van der Waals surface area (Å²) in [7, 11) is 0. The number of rotatable bonds is 2. The van der Waals surface area contributed by atoms with Crippen LogP contribution in [-0.4, -0.2) is 9.97 Å². The van der Waals surface area contributed by atoms with Crippen LogP contribution in [0.2, 0.25) is 0 Å². The number of para-hydroxylation sites is 1. The van der Waals surface area contributed by atoms with Crippen molar-refractivity contribution in [2.45, 2.75) is 26.2 Å². The SMILES string of the molecule is CC(C)(C)c1ccnc(-c2[c-]cc3c(c2)-c2ccccc2-c2ccccc2O3)c1.[Ir].[c-]1ccccc1-c1ccccn1. The van der Waals surface area contributed by atoms with Gasteiger partial charge in [0.1, 0.15) is 5.75 Å². The Bertz CT molecular complexity index is 1760. The van der Waals surface area contributed by atoms with E-state index in [2.05, 4.69) is 97.5 Å². The first-order valence-corrected chi connectivity index (χ1v) is 13.7. The van der Waals surface area contributed by atoms with Gasteiger partial charge < -0.3 is 14.7 Å². The van der Waals surface area contributed by atoms with Crippen molar-refractivity contribution >= 4 is 0 Å². The molecule has 0 saturated heterocycles. The second kappa shape index (κ2) is 12.6. The molecule has 1 aliphatic heterocycles. The molecule has 0 fully saturated rings. The van der Waals surface area contributed by atoms with E-state index in [1.807, 2.05) is 66.9 Å². The topological polar surface area (TPSA) is 35.0 Å². The summed E-state index contributed by atoms with van der Waals surface area (Å²) in [5.41, 5.74) is 9.75. The maximum atomic E-state index is 6.30. The fraction of sp³-hybridized carbons (Fsp3) is 0.105. The fourth-order valence-corrected chi connectivity index (χ4v) is 4.89. The maximum absolute atomic E-state index is 6.30. The first kappa shape index (κ1) is 29.1. The van der Waals surface area contributed by atoms with Gasteiger partial charge in [0.05, 0.1) is 5.75 Å². The number of ether oxygens (including phenoxy) is 1. The molecule has 0 N–H and O–H groups in total. The van der Waals surface area contributed by atoms with E-state index >= 15 is 0 Å². The molecule has 1 aliphatic rings. The molecule has 2 aromatic heterocycles. The van der Waals surface area contributed by atoms with E-state index in [0.717, 1.165) is 50.7 Å². The van der Waals surface area contributed by atoms with Gasteiger partial charge in [-0.1, -0.05) is 87.0 Å². The molecule has 3 heterocycles. The molecule has 42 heavy (non-hydrogen) atoms. The largest absolute Gasteiger partial charge is 0.500 e. The second-order valence-corrected chi connectivity index (χ2v) is 10.9. The predicted molar refractivity (Wildman–Crippen MR) is 167 cm³/mol. The van der Waals surface area contributed by atoms with Crippen molar-refractivity contribution in [3.05, 3.63) is 145 Å². The number of hydrogen-bond acceptors (Lipinski definition) is 3. The van der Waals surface area contributed by atoms with Crippen molar-refractivity contribution in [1.82, 2.24) is 9.97 Å². The normalized spacial score (nSPS) is 11.2. The van der Waals surface area contributed by atoms with E-state index < -0.39 is 0 Å². The molecule has 209 valence electrons. The summed E-state index contributed by atoms with van der Waals surface area (Å²) in [5, 5.41) is 0. The third-order valence-electron chi connectivity index (χ3n) is 7.08. The van der Waals surface area contributed by atoms with Gasteiger partial charge in [0.15, 0.2) is 0 Å². The Morgan fingerprint density at radius 3 is 1.98 bits per heavy atom. The van der Waals surface area contributed by atoms with Crippen LogP contribution in [0.4, 0.5) is 0 Å². The van der Waals surface area contributed by atoms with Crippen LogP contribution >= 0.6 is 0 Å². The molecule has 0 saturated carbocycles. The summed E-state index contributed by atoms with van der Waals surface area (Å²) in [6.45, 7) is 6.65. The number of hydrogen-bond donors (Lipinski definition) is 0. The molecule has 4 heteroatoms. The quantitative estimate of drug-likeness (QED) is 0.167. The molecule has 0 atom stereocenters. The third-order valence-corrected chi connectivity index (χ3v) is 7.08. The van der Waals surface area contributed by atoms with Crippen LogP contribution < -0.4 is 4.74 Å². The first-order chi connectivity index (χ1) is 20.0. The van der Waals surface area contributed by atoms with Crippen molar-refractivity contribution in [1.29, 1.82) is 0 Å². The van der Waals surface area contributed by atoms with Gasteiger partial charge in [0.2, 0.25) is 0 Å². The number of benzene rings is 4. The van der Waals surface area contributed by atoms with Gasteiger partial charge in [0.25, 0.3) is 0 Å². The molecular weight excluding hydrogens is 693 g/mol. The van der Waals surface area contributed by atoms with Crippen LogP contribution in [0.1, 0.15) is 26.3 Å².